The van der Waals surface area contributed by atoms with E-state index in [1.165, 1.54) is 17.0 Å². The van der Waals surface area contributed by atoms with Gasteiger partial charge in [0.05, 0.1) is 0 Å². The number of nitrogens with one attached hydrogen (secondary N) is 1. The summed E-state index contributed by atoms with van der Waals surface area (Å²) in [4.78, 5) is 7.67. The van der Waals surface area contributed by atoms with Crippen LogP contribution in [0.3, 0.4) is 0 Å². The molecule has 6 heteroatoms. The highest BCUT2D eigenvalue weighted by Crippen LogP contribution is 2.08. The Labute approximate surface area is 152 Å². The molecule has 0 saturated carbocycles. The molecule has 120 valence electrons. The maximum Gasteiger partial charge on any atom is 0.193 e. The third-order valence-corrected chi connectivity index (χ3v) is 4.08. The van der Waals surface area contributed by atoms with E-state index < -0.39 is 0 Å². The lowest BCUT2D eigenvalue weighted by molar-refractivity contribution is 0.477. The quantitative estimate of drug-likeness (QED) is 0.442. The van der Waals surface area contributed by atoms with Crippen LogP contribution in [0, 0.1) is 5.82 Å². The van der Waals surface area contributed by atoms with Gasteiger partial charge in [-0.25, -0.2) is 4.39 Å². The number of hydrogen-bond acceptors (Lipinski definition) is 2. The number of nitrogens with zero attached hydrogens (tertiary/aromatic N) is 2. The molecule has 2 rings (SSSR count). The molecule has 0 bridgehead atoms. The van der Waals surface area contributed by atoms with Crippen molar-refractivity contribution in [3.05, 3.63) is 58.0 Å². The SMILES string of the molecule is CN=C(NCCc1cccs1)N(C)Cc1ccc(F)cc1.I. The first-order valence-corrected chi connectivity index (χ1v) is 7.75. The molecule has 3 nitrogen and oxygen atoms in total. The molecule has 0 unspecified atom stereocenters. The minimum atomic E-state index is -0.208. The molecule has 1 aromatic carbocycles. The molecule has 0 saturated heterocycles. The van der Waals surface area contributed by atoms with E-state index in [0.29, 0.717) is 6.54 Å². The van der Waals surface area contributed by atoms with E-state index in [-0.39, 0.29) is 29.8 Å². The van der Waals surface area contributed by atoms with Crippen LogP contribution >= 0.6 is 35.3 Å². The normalized spacial score (nSPS) is 11.0. The van der Waals surface area contributed by atoms with Crippen LogP contribution < -0.4 is 5.32 Å². The molecular formula is C16H21FIN3S. The number of aliphatic imine (C=N–C) groups is 1. The van der Waals surface area contributed by atoms with Crippen molar-refractivity contribution in [3.8, 4) is 0 Å². The second-order valence-electron chi connectivity index (χ2n) is 4.79. The highest BCUT2D eigenvalue weighted by molar-refractivity contribution is 14.0. The van der Waals surface area contributed by atoms with Gasteiger partial charge in [-0.15, -0.1) is 35.3 Å². The van der Waals surface area contributed by atoms with Crippen LogP contribution in [-0.2, 0) is 13.0 Å². The van der Waals surface area contributed by atoms with Crippen LogP contribution in [0.1, 0.15) is 10.4 Å². The van der Waals surface area contributed by atoms with Crippen LogP contribution in [-0.4, -0.2) is 31.5 Å². The van der Waals surface area contributed by atoms with Gasteiger partial charge in [0.15, 0.2) is 5.96 Å². The largest absolute Gasteiger partial charge is 0.356 e. The molecule has 0 aliphatic heterocycles. The predicted octanol–water partition coefficient (Wildman–Crippen LogP) is 3.76. The minimum Gasteiger partial charge on any atom is -0.356 e. The zero-order valence-electron chi connectivity index (χ0n) is 12.8. The molecule has 0 spiro atoms. The highest BCUT2D eigenvalue weighted by atomic mass is 127. The smallest absolute Gasteiger partial charge is 0.193 e. The fourth-order valence-electron chi connectivity index (χ4n) is 2.08. The third-order valence-electron chi connectivity index (χ3n) is 3.14. The van der Waals surface area contributed by atoms with Gasteiger partial charge in [0.25, 0.3) is 0 Å². The second-order valence-corrected chi connectivity index (χ2v) is 5.82. The number of thiophene rings is 1. The van der Waals surface area contributed by atoms with Crippen molar-refractivity contribution in [3.63, 3.8) is 0 Å². The highest BCUT2D eigenvalue weighted by Gasteiger charge is 2.06. The van der Waals surface area contributed by atoms with Crippen molar-refractivity contribution in [1.29, 1.82) is 0 Å². The first kappa shape index (κ1) is 18.9. The average Bonchev–Trinajstić information content (AvgIpc) is 2.99. The van der Waals surface area contributed by atoms with E-state index in [1.54, 1.807) is 30.5 Å². The standard InChI is InChI=1S/C16H20FN3S.HI/c1-18-16(19-10-9-15-4-3-11-21-15)20(2)12-13-5-7-14(17)8-6-13;/h3-8,11H,9-10,12H2,1-2H3,(H,18,19);1H. The van der Waals surface area contributed by atoms with Crippen LogP contribution in [0.5, 0.6) is 0 Å². The Morgan fingerprint density at radius 2 is 2.00 bits per heavy atom. The van der Waals surface area contributed by atoms with Crippen LogP contribution in [0.4, 0.5) is 4.39 Å². The van der Waals surface area contributed by atoms with E-state index >= 15 is 0 Å². The van der Waals surface area contributed by atoms with Crippen molar-refractivity contribution >= 4 is 41.3 Å². The Morgan fingerprint density at radius 1 is 1.27 bits per heavy atom. The number of halogens is 2. The summed E-state index contributed by atoms with van der Waals surface area (Å²) in [6.45, 7) is 1.54. The topological polar surface area (TPSA) is 27.6 Å². The maximum absolute atomic E-state index is 12.9. The molecular weight excluding hydrogens is 412 g/mol. The Hall–Kier alpha value is -1.15. The zero-order valence-corrected chi connectivity index (χ0v) is 15.9. The van der Waals surface area contributed by atoms with Gasteiger partial charge in [-0.1, -0.05) is 18.2 Å². The number of hydrogen-bond donors (Lipinski definition) is 1. The average molecular weight is 433 g/mol. The minimum absolute atomic E-state index is 0. The first-order valence-electron chi connectivity index (χ1n) is 6.87. The third kappa shape index (κ3) is 5.92. The fraction of sp³-hybridized carbons (Fsp3) is 0.312. The molecule has 0 aliphatic carbocycles. The lowest BCUT2D eigenvalue weighted by Gasteiger charge is -2.22. The molecule has 0 radical (unpaired) electrons. The molecule has 0 aliphatic rings. The Bertz CT molecular complexity index is 570. The van der Waals surface area contributed by atoms with Gasteiger partial charge in [0.2, 0.25) is 0 Å². The molecule has 22 heavy (non-hydrogen) atoms. The molecule has 1 aromatic heterocycles. The molecule has 1 N–H and O–H groups in total. The summed E-state index contributed by atoms with van der Waals surface area (Å²) in [5.41, 5.74) is 1.06. The Morgan fingerprint density at radius 3 is 2.59 bits per heavy atom. The lowest BCUT2D eigenvalue weighted by Crippen LogP contribution is -2.39. The van der Waals surface area contributed by atoms with E-state index in [9.17, 15) is 4.39 Å². The van der Waals surface area contributed by atoms with E-state index in [0.717, 1.165) is 24.5 Å². The van der Waals surface area contributed by atoms with Crippen molar-refractivity contribution in [2.45, 2.75) is 13.0 Å². The molecule has 2 aromatic rings. The first-order chi connectivity index (χ1) is 10.2. The van der Waals surface area contributed by atoms with Crippen molar-refractivity contribution in [1.82, 2.24) is 10.2 Å². The van der Waals surface area contributed by atoms with E-state index in [2.05, 4.69) is 27.8 Å². The van der Waals surface area contributed by atoms with Gasteiger partial charge in [-0.05, 0) is 35.6 Å². The van der Waals surface area contributed by atoms with Gasteiger partial charge in [-0.3, -0.25) is 4.99 Å². The number of guanidine groups is 1. The summed E-state index contributed by atoms with van der Waals surface area (Å²) in [6, 6.07) is 10.8. The van der Waals surface area contributed by atoms with Crippen LogP contribution in [0.2, 0.25) is 0 Å². The van der Waals surface area contributed by atoms with E-state index in [1.807, 2.05) is 11.9 Å². The summed E-state index contributed by atoms with van der Waals surface area (Å²) in [5.74, 6) is 0.635. The van der Waals surface area contributed by atoms with E-state index in [4.69, 9.17) is 0 Å². The van der Waals surface area contributed by atoms with Crippen molar-refractivity contribution in [2.24, 2.45) is 4.99 Å². The summed E-state index contributed by atoms with van der Waals surface area (Å²) >= 11 is 1.77. The monoisotopic (exact) mass is 433 g/mol. The van der Waals surface area contributed by atoms with Crippen LogP contribution in [0.15, 0.2) is 46.8 Å². The second kappa shape index (κ2) is 9.78. The lowest BCUT2D eigenvalue weighted by atomic mass is 10.2. The van der Waals surface area contributed by atoms with Gasteiger partial charge >= 0.3 is 0 Å². The molecule has 0 amide bonds. The summed E-state index contributed by atoms with van der Waals surface area (Å²) in [5, 5.41) is 5.44. The Kier molecular flexibility index (Phi) is 8.40. The Balaban J connectivity index is 0.00000242. The zero-order chi connectivity index (χ0) is 15.1. The number of rotatable bonds is 5. The molecule has 0 fully saturated rings. The molecule has 1 heterocycles. The van der Waals surface area contributed by atoms with Gasteiger partial charge in [-0.2, -0.15) is 0 Å². The van der Waals surface area contributed by atoms with Gasteiger partial charge < -0.3 is 10.2 Å². The predicted molar refractivity (Wildman–Crippen MR) is 103 cm³/mol. The summed E-state index contributed by atoms with van der Waals surface area (Å²) in [6.07, 6.45) is 0.987. The summed E-state index contributed by atoms with van der Waals surface area (Å²) < 4.78 is 12.9. The maximum atomic E-state index is 12.9. The van der Waals surface area contributed by atoms with Gasteiger partial charge in [0.1, 0.15) is 5.82 Å². The van der Waals surface area contributed by atoms with Crippen molar-refractivity contribution < 1.29 is 4.39 Å². The van der Waals surface area contributed by atoms with Gasteiger partial charge in [0, 0.05) is 32.1 Å². The van der Waals surface area contributed by atoms with Crippen LogP contribution in [0.25, 0.3) is 0 Å². The fourth-order valence-corrected chi connectivity index (χ4v) is 2.78. The van der Waals surface area contributed by atoms with Crippen molar-refractivity contribution in [2.75, 3.05) is 20.6 Å². The number of benzene rings is 1. The molecule has 0 atom stereocenters. The summed E-state index contributed by atoms with van der Waals surface area (Å²) in [7, 11) is 3.75.